The molecular weight excluding hydrogens is 270 g/mol. The molecule has 2 fully saturated rings. The Morgan fingerprint density at radius 3 is 2.43 bits per heavy atom. The topological polar surface area (TPSA) is 69.7 Å². The zero-order chi connectivity index (χ0) is 15.6. The molecule has 1 aliphatic heterocycles. The van der Waals surface area contributed by atoms with Crippen molar-refractivity contribution in [2.24, 2.45) is 5.41 Å². The van der Waals surface area contributed by atoms with Gasteiger partial charge in [0, 0.05) is 12.6 Å². The largest absolute Gasteiger partial charge is 0.330 e. The van der Waals surface area contributed by atoms with Crippen molar-refractivity contribution in [1.29, 1.82) is 0 Å². The third kappa shape index (κ3) is 2.95. The Morgan fingerprint density at radius 1 is 1.24 bits per heavy atom. The van der Waals surface area contributed by atoms with Crippen LogP contribution in [-0.2, 0) is 9.59 Å². The van der Waals surface area contributed by atoms with Gasteiger partial charge >= 0.3 is 6.03 Å². The standard InChI is InChI=1S/C15H25N3O3/c1-11(2)17(3)9-6-10-18-13(20)15(7-4-5-8-15)12(19)16-14(18)21/h11H,4-10H2,1-3H3,(H,16,19,21). The van der Waals surface area contributed by atoms with E-state index < -0.39 is 17.4 Å². The Bertz CT molecular complexity index is 441. The third-order valence-electron chi connectivity index (χ3n) is 4.79. The summed E-state index contributed by atoms with van der Waals surface area (Å²) in [5, 5.41) is 2.37. The second kappa shape index (κ2) is 6.13. The van der Waals surface area contributed by atoms with Gasteiger partial charge in [0.15, 0.2) is 0 Å². The molecule has 1 saturated heterocycles. The number of amides is 4. The first-order chi connectivity index (χ1) is 9.88. The van der Waals surface area contributed by atoms with Crippen LogP contribution >= 0.6 is 0 Å². The zero-order valence-corrected chi connectivity index (χ0v) is 13.1. The normalized spacial score (nSPS) is 21.8. The molecule has 2 aliphatic rings. The minimum atomic E-state index is -0.974. The summed E-state index contributed by atoms with van der Waals surface area (Å²) in [4.78, 5) is 40.0. The fraction of sp³-hybridized carbons (Fsp3) is 0.800. The number of imide groups is 2. The Hall–Kier alpha value is -1.43. The number of hydrogen-bond acceptors (Lipinski definition) is 4. The predicted molar refractivity (Wildman–Crippen MR) is 78.5 cm³/mol. The van der Waals surface area contributed by atoms with Crippen LogP contribution in [0.3, 0.4) is 0 Å². The summed E-state index contributed by atoms with van der Waals surface area (Å²) < 4.78 is 0. The number of urea groups is 1. The van der Waals surface area contributed by atoms with Gasteiger partial charge in [0.2, 0.25) is 11.8 Å². The van der Waals surface area contributed by atoms with E-state index in [0.717, 1.165) is 25.8 Å². The van der Waals surface area contributed by atoms with Crippen LogP contribution in [0.25, 0.3) is 0 Å². The molecule has 118 valence electrons. The van der Waals surface area contributed by atoms with Gasteiger partial charge in [0.05, 0.1) is 0 Å². The third-order valence-corrected chi connectivity index (χ3v) is 4.79. The molecule has 0 aromatic rings. The number of nitrogens with one attached hydrogen (secondary N) is 1. The van der Waals surface area contributed by atoms with Gasteiger partial charge < -0.3 is 4.90 Å². The van der Waals surface area contributed by atoms with Crippen LogP contribution in [0.5, 0.6) is 0 Å². The van der Waals surface area contributed by atoms with Crippen LogP contribution < -0.4 is 5.32 Å². The maximum atomic E-state index is 12.6. The van der Waals surface area contributed by atoms with E-state index in [1.807, 2.05) is 7.05 Å². The fourth-order valence-corrected chi connectivity index (χ4v) is 3.09. The number of nitrogens with zero attached hydrogens (tertiary/aromatic N) is 2. The van der Waals surface area contributed by atoms with Crippen molar-refractivity contribution in [3.63, 3.8) is 0 Å². The highest BCUT2D eigenvalue weighted by atomic mass is 16.2. The van der Waals surface area contributed by atoms with E-state index in [1.165, 1.54) is 4.90 Å². The van der Waals surface area contributed by atoms with Gasteiger partial charge in [-0.05, 0) is 46.7 Å². The molecule has 0 unspecified atom stereocenters. The number of barbiturate groups is 1. The molecular formula is C15H25N3O3. The summed E-state index contributed by atoms with van der Waals surface area (Å²) in [7, 11) is 2.02. The van der Waals surface area contributed by atoms with E-state index in [0.29, 0.717) is 25.4 Å². The van der Waals surface area contributed by atoms with E-state index in [-0.39, 0.29) is 5.91 Å². The van der Waals surface area contributed by atoms with E-state index in [1.54, 1.807) is 0 Å². The number of carbonyl (C=O) groups is 3. The molecule has 1 spiro atoms. The molecule has 0 atom stereocenters. The molecule has 2 rings (SSSR count). The number of rotatable bonds is 5. The van der Waals surface area contributed by atoms with Crippen LogP contribution in [0.2, 0.25) is 0 Å². The van der Waals surface area contributed by atoms with Crippen LogP contribution in [0.1, 0.15) is 46.0 Å². The van der Waals surface area contributed by atoms with Crippen molar-refractivity contribution in [1.82, 2.24) is 15.1 Å². The van der Waals surface area contributed by atoms with Crippen molar-refractivity contribution in [2.75, 3.05) is 20.1 Å². The fourth-order valence-electron chi connectivity index (χ4n) is 3.09. The summed E-state index contributed by atoms with van der Waals surface area (Å²) >= 11 is 0. The minimum Gasteiger partial charge on any atom is -0.304 e. The second-order valence-electron chi connectivity index (χ2n) is 6.43. The van der Waals surface area contributed by atoms with Gasteiger partial charge in [0.1, 0.15) is 5.41 Å². The van der Waals surface area contributed by atoms with E-state index in [2.05, 4.69) is 24.1 Å². The quantitative estimate of drug-likeness (QED) is 0.777. The minimum absolute atomic E-state index is 0.291. The lowest BCUT2D eigenvalue weighted by molar-refractivity contribution is -0.151. The molecule has 0 bridgehead atoms. The number of carbonyl (C=O) groups excluding carboxylic acids is 3. The molecule has 21 heavy (non-hydrogen) atoms. The summed E-state index contributed by atoms with van der Waals surface area (Å²) in [6, 6.07) is -0.131. The van der Waals surface area contributed by atoms with Gasteiger partial charge in [-0.25, -0.2) is 4.79 Å². The van der Waals surface area contributed by atoms with Gasteiger partial charge in [0.25, 0.3) is 0 Å². The van der Waals surface area contributed by atoms with Crippen LogP contribution in [0, 0.1) is 5.41 Å². The lowest BCUT2D eigenvalue weighted by Crippen LogP contribution is -2.63. The van der Waals surface area contributed by atoms with Crippen LogP contribution in [0.4, 0.5) is 4.79 Å². The van der Waals surface area contributed by atoms with Crippen molar-refractivity contribution in [2.45, 2.75) is 52.0 Å². The lowest BCUT2D eigenvalue weighted by atomic mass is 9.82. The summed E-state index contributed by atoms with van der Waals surface area (Å²) in [6.45, 7) is 5.39. The SMILES string of the molecule is CC(C)N(C)CCCN1C(=O)NC(=O)C2(CCCC2)C1=O. The average molecular weight is 295 g/mol. The molecule has 4 amide bonds. The van der Waals surface area contributed by atoms with Crippen molar-refractivity contribution in [3.05, 3.63) is 0 Å². The molecule has 0 radical (unpaired) electrons. The van der Waals surface area contributed by atoms with Gasteiger partial charge in [-0.1, -0.05) is 12.8 Å². The molecule has 1 saturated carbocycles. The Labute approximate surface area is 125 Å². The predicted octanol–water partition coefficient (Wildman–Crippen LogP) is 1.36. The molecule has 1 N–H and O–H groups in total. The summed E-state index contributed by atoms with van der Waals surface area (Å²) in [6.07, 6.45) is 3.59. The van der Waals surface area contributed by atoms with E-state index >= 15 is 0 Å². The van der Waals surface area contributed by atoms with E-state index in [9.17, 15) is 14.4 Å². The van der Waals surface area contributed by atoms with Gasteiger partial charge in [-0.2, -0.15) is 0 Å². The summed E-state index contributed by atoms with van der Waals surface area (Å²) in [5.41, 5.74) is -0.974. The molecule has 0 aromatic heterocycles. The van der Waals surface area contributed by atoms with Gasteiger partial charge in [-0.3, -0.25) is 19.8 Å². The lowest BCUT2D eigenvalue weighted by Gasteiger charge is -2.37. The second-order valence-corrected chi connectivity index (χ2v) is 6.43. The first-order valence-corrected chi connectivity index (χ1v) is 7.76. The van der Waals surface area contributed by atoms with E-state index in [4.69, 9.17) is 0 Å². The molecule has 1 aliphatic carbocycles. The van der Waals surface area contributed by atoms with Crippen molar-refractivity contribution < 1.29 is 14.4 Å². The number of hydrogen-bond donors (Lipinski definition) is 1. The molecule has 1 heterocycles. The molecule has 0 aromatic carbocycles. The smallest absolute Gasteiger partial charge is 0.304 e. The highest BCUT2D eigenvalue weighted by molar-refractivity contribution is 6.19. The average Bonchev–Trinajstić information content (AvgIpc) is 2.91. The maximum absolute atomic E-state index is 12.6. The van der Waals surface area contributed by atoms with Crippen LogP contribution in [-0.4, -0.2) is 53.8 Å². The maximum Gasteiger partial charge on any atom is 0.330 e. The Balaban J connectivity index is 2.00. The zero-order valence-electron chi connectivity index (χ0n) is 13.1. The van der Waals surface area contributed by atoms with Crippen molar-refractivity contribution >= 4 is 17.8 Å². The Morgan fingerprint density at radius 2 is 1.86 bits per heavy atom. The Kier molecular flexibility index (Phi) is 4.66. The summed E-state index contributed by atoms with van der Waals surface area (Å²) in [5.74, 6) is -0.688. The van der Waals surface area contributed by atoms with Crippen LogP contribution in [0.15, 0.2) is 0 Å². The highest BCUT2D eigenvalue weighted by Crippen LogP contribution is 2.41. The first-order valence-electron chi connectivity index (χ1n) is 7.76. The van der Waals surface area contributed by atoms with Gasteiger partial charge in [-0.15, -0.1) is 0 Å². The monoisotopic (exact) mass is 295 g/mol. The molecule has 6 nitrogen and oxygen atoms in total. The van der Waals surface area contributed by atoms with Crippen molar-refractivity contribution in [3.8, 4) is 0 Å². The first kappa shape index (κ1) is 15.9. The highest BCUT2D eigenvalue weighted by Gasteiger charge is 2.54. The molecule has 6 heteroatoms.